The first-order valence-corrected chi connectivity index (χ1v) is 4.57. The summed E-state index contributed by atoms with van der Waals surface area (Å²) in [6.45, 7) is 3.97. The third-order valence-corrected chi connectivity index (χ3v) is 2.09. The molecule has 0 heterocycles. The molecule has 0 aromatic carbocycles. The largest absolute Gasteiger partial charge is 0.383 e. The Morgan fingerprint density at radius 3 is 2.50 bits per heavy atom. The van der Waals surface area contributed by atoms with E-state index in [4.69, 9.17) is 5.73 Å². The predicted molar refractivity (Wildman–Crippen MR) is 48.5 cm³/mol. The molecule has 0 rings (SSSR count). The SMILES string of the molecule is CCCCCC(C)C(O)C(N)=O. The molecule has 2 unspecified atom stereocenters. The summed E-state index contributed by atoms with van der Waals surface area (Å²) >= 11 is 0. The number of carbonyl (C=O) groups is 1. The fraction of sp³-hybridized carbons (Fsp3) is 0.889. The third kappa shape index (κ3) is 4.34. The molecule has 1 amide bonds. The summed E-state index contributed by atoms with van der Waals surface area (Å²) in [6.07, 6.45) is 3.26. The second-order valence-corrected chi connectivity index (χ2v) is 3.32. The second kappa shape index (κ2) is 6.00. The second-order valence-electron chi connectivity index (χ2n) is 3.32. The van der Waals surface area contributed by atoms with E-state index >= 15 is 0 Å². The maximum absolute atomic E-state index is 10.5. The molecule has 0 saturated heterocycles. The average Bonchev–Trinajstić information content (AvgIpc) is 2.03. The van der Waals surface area contributed by atoms with E-state index in [2.05, 4.69) is 6.92 Å². The Hall–Kier alpha value is -0.570. The lowest BCUT2D eigenvalue weighted by Gasteiger charge is -2.14. The molecular weight excluding hydrogens is 154 g/mol. The molecular formula is C9H19NO2. The molecule has 0 bridgehead atoms. The summed E-state index contributed by atoms with van der Waals surface area (Å²) in [6, 6.07) is 0. The van der Waals surface area contributed by atoms with Crippen molar-refractivity contribution in [3.63, 3.8) is 0 Å². The highest BCUT2D eigenvalue weighted by Crippen LogP contribution is 2.12. The molecule has 12 heavy (non-hydrogen) atoms. The van der Waals surface area contributed by atoms with E-state index in [0.29, 0.717) is 0 Å². The number of rotatable bonds is 6. The standard InChI is InChI=1S/C9H19NO2/c1-3-4-5-6-7(2)8(11)9(10)12/h7-8,11H,3-6H2,1-2H3,(H2,10,12). The fourth-order valence-electron chi connectivity index (χ4n) is 1.15. The molecule has 2 atom stereocenters. The molecule has 3 N–H and O–H groups in total. The van der Waals surface area contributed by atoms with Gasteiger partial charge in [0, 0.05) is 0 Å². The van der Waals surface area contributed by atoms with E-state index in [-0.39, 0.29) is 5.92 Å². The minimum absolute atomic E-state index is 0.00551. The van der Waals surface area contributed by atoms with Gasteiger partial charge in [-0.3, -0.25) is 4.79 Å². The van der Waals surface area contributed by atoms with Crippen LogP contribution in [0.25, 0.3) is 0 Å². The first-order chi connectivity index (χ1) is 5.59. The normalized spacial score (nSPS) is 15.6. The molecule has 0 fully saturated rings. The highest BCUT2D eigenvalue weighted by atomic mass is 16.3. The predicted octanol–water partition coefficient (Wildman–Crippen LogP) is 1.05. The first-order valence-electron chi connectivity index (χ1n) is 4.57. The minimum Gasteiger partial charge on any atom is -0.383 e. The Labute approximate surface area is 74.0 Å². The Kier molecular flexibility index (Phi) is 5.72. The van der Waals surface area contributed by atoms with Crippen LogP contribution in [0.15, 0.2) is 0 Å². The van der Waals surface area contributed by atoms with Crippen molar-refractivity contribution < 1.29 is 9.90 Å². The molecule has 0 spiro atoms. The minimum atomic E-state index is -0.971. The number of carbonyl (C=O) groups excluding carboxylic acids is 1. The van der Waals surface area contributed by atoms with Crippen LogP contribution >= 0.6 is 0 Å². The topological polar surface area (TPSA) is 63.3 Å². The van der Waals surface area contributed by atoms with Gasteiger partial charge in [-0.1, -0.05) is 33.1 Å². The molecule has 0 aromatic rings. The van der Waals surface area contributed by atoms with Gasteiger partial charge in [0.2, 0.25) is 5.91 Å². The third-order valence-electron chi connectivity index (χ3n) is 2.09. The van der Waals surface area contributed by atoms with Gasteiger partial charge in [-0.25, -0.2) is 0 Å². The van der Waals surface area contributed by atoms with E-state index < -0.39 is 12.0 Å². The van der Waals surface area contributed by atoms with Crippen LogP contribution in [0.4, 0.5) is 0 Å². The van der Waals surface area contributed by atoms with Crippen molar-refractivity contribution in [1.29, 1.82) is 0 Å². The van der Waals surface area contributed by atoms with E-state index in [1.54, 1.807) is 0 Å². The maximum atomic E-state index is 10.5. The van der Waals surface area contributed by atoms with Crippen LogP contribution in [-0.4, -0.2) is 17.1 Å². The Morgan fingerprint density at radius 1 is 1.50 bits per heavy atom. The Balaban J connectivity index is 3.56. The molecule has 0 aliphatic carbocycles. The van der Waals surface area contributed by atoms with Gasteiger partial charge in [-0.2, -0.15) is 0 Å². The van der Waals surface area contributed by atoms with Crippen LogP contribution in [-0.2, 0) is 4.79 Å². The number of unbranched alkanes of at least 4 members (excludes halogenated alkanes) is 2. The summed E-state index contributed by atoms with van der Waals surface area (Å²) in [5.41, 5.74) is 4.95. The van der Waals surface area contributed by atoms with Crippen LogP contribution in [0.3, 0.4) is 0 Å². The first kappa shape index (κ1) is 11.4. The van der Waals surface area contributed by atoms with Gasteiger partial charge in [-0.15, -0.1) is 0 Å². The quantitative estimate of drug-likeness (QED) is 0.590. The Bertz CT molecular complexity index is 136. The summed E-state index contributed by atoms with van der Waals surface area (Å²) in [7, 11) is 0. The van der Waals surface area contributed by atoms with Gasteiger partial charge >= 0.3 is 0 Å². The van der Waals surface area contributed by atoms with Gasteiger partial charge in [0.1, 0.15) is 6.10 Å². The number of hydrogen-bond donors (Lipinski definition) is 2. The number of aliphatic hydroxyl groups is 1. The summed E-state index contributed by atoms with van der Waals surface area (Å²) in [4.78, 5) is 10.5. The summed E-state index contributed by atoms with van der Waals surface area (Å²) in [5, 5.41) is 9.22. The molecule has 0 radical (unpaired) electrons. The molecule has 0 saturated carbocycles. The average molecular weight is 173 g/mol. The maximum Gasteiger partial charge on any atom is 0.246 e. The van der Waals surface area contributed by atoms with E-state index in [1.165, 1.54) is 0 Å². The van der Waals surface area contributed by atoms with Gasteiger partial charge in [0.15, 0.2) is 0 Å². The van der Waals surface area contributed by atoms with Gasteiger partial charge in [0.05, 0.1) is 0 Å². The highest BCUT2D eigenvalue weighted by molar-refractivity contribution is 5.78. The van der Waals surface area contributed by atoms with Gasteiger partial charge in [0.25, 0.3) is 0 Å². The number of amides is 1. The zero-order valence-electron chi connectivity index (χ0n) is 7.92. The molecule has 0 aromatic heterocycles. The number of aliphatic hydroxyl groups excluding tert-OH is 1. The lowest BCUT2D eigenvalue weighted by atomic mass is 9.97. The van der Waals surface area contributed by atoms with Crippen molar-refractivity contribution in [2.75, 3.05) is 0 Å². The van der Waals surface area contributed by atoms with Gasteiger partial charge < -0.3 is 10.8 Å². The number of primary amides is 1. The monoisotopic (exact) mass is 173 g/mol. The zero-order chi connectivity index (χ0) is 9.56. The summed E-state index contributed by atoms with van der Waals surface area (Å²) < 4.78 is 0. The van der Waals surface area contributed by atoms with Crippen molar-refractivity contribution >= 4 is 5.91 Å². The van der Waals surface area contributed by atoms with Crippen LogP contribution in [0.5, 0.6) is 0 Å². The lowest BCUT2D eigenvalue weighted by molar-refractivity contribution is -0.128. The number of hydrogen-bond acceptors (Lipinski definition) is 2. The number of nitrogens with two attached hydrogens (primary N) is 1. The summed E-state index contributed by atoms with van der Waals surface area (Å²) in [5.74, 6) is -0.618. The van der Waals surface area contributed by atoms with E-state index in [1.807, 2.05) is 6.92 Å². The highest BCUT2D eigenvalue weighted by Gasteiger charge is 2.18. The Morgan fingerprint density at radius 2 is 2.08 bits per heavy atom. The molecule has 3 nitrogen and oxygen atoms in total. The molecule has 0 aliphatic rings. The van der Waals surface area contributed by atoms with Gasteiger partial charge in [-0.05, 0) is 12.3 Å². The van der Waals surface area contributed by atoms with Crippen molar-refractivity contribution in [3.8, 4) is 0 Å². The van der Waals surface area contributed by atoms with Crippen LogP contribution in [0.2, 0.25) is 0 Å². The fourth-order valence-corrected chi connectivity index (χ4v) is 1.15. The molecule has 3 heteroatoms. The molecule has 0 aliphatic heterocycles. The van der Waals surface area contributed by atoms with Crippen molar-refractivity contribution in [3.05, 3.63) is 0 Å². The van der Waals surface area contributed by atoms with E-state index in [0.717, 1.165) is 25.7 Å². The molecule has 72 valence electrons. The van der Waals surface area contributed by atoms with E-state index in [9.17, 15) is 9.90 Å². The van der Waals surface area contributed by atoms with Crippen molar-refractivity contribution in [2.24, 2.45) is 11.7 Å². The zero-order valence-corrected chi connectivity index (χ0v) is 7.92. The van der Waals surface area contributed by atoms with Crippen molar-refractivity contribution in [2.45, 2.75) is 45.6 Å². The van der Waals surface area contributed by atoms with Crippen LogP contribution < -0.4 is 5.73 Å². The van der Waals surface area contributed by atoms with Crippen LogP contribution in [0.1, 0.15) is 39.5 Å². The van der Waals surface area contributed by atoms with Crippen molar-refractivity contribution in [1.82, 2.24) is 0 Å². The van der Waals surface area contributed by atoms with Crippen LogP contribution in [0, 0.1) is 5.92 Å². The smallest absolute Gasteiger partial charge is 0.246 e. The lowest BCUT2D eigenvalue weighted by Crippen LogP contribution is -2.33.